The molecule has 3 rings (SSSR count). The molecule has 2 aromatic rings. The Bertz CT molecular complexity index is 744. The summed E-state index contributed by atoms with van der Waals surface area (Å²) in [4.78, 5) is 11.8. The lowest BCUT2D eigenvalue weighted by Gasteiger charge is -2.10. The van der Waals surface area contributed by atoms with E-state index in [2.05, 4.69) is 0 Å². The number of esters is 1. The number of fused-ring (bicyclic) bond motifs is 1. The maximum atomic E-state index is 11.8. The molecule has 0 aromatic heterocycles. The molecule has 0 atom stereocenters. The molecule has 118 valence electrons. The Labute approximate surface area is 134 Å². The molecule has 0 bridgehead atoms. The van der Waals surface area contributed by atoms with E-state index in [4.69, 9.17) is 14.1 Å². The van der Waals surface area contributed by atoms with Crippen LogP contribution >= 0.6 is 0 Å². The average Bonchev–Trinajstić information content (AvgIpc) is 2.88. The van der Waals surface area contributed by atoms with Crippen molar-refractivity contribution in [3.63, 3.8) is 0 Å². The van der Waals surface area contributed by atoms with Crippen molar-refractivity contribution in [3.8, 4) is 11.5 Å². The summed E-state index contributed by atoms with van der Waals surface area (Å²) in [6, 6.07) is 10.7. The lowest BCUT2D eigenvalue weighted by Crippen LogP contribution is -2.27. The summed E-state index contributed by atoms with van der Waals surface area (Å²) in [5.41, 5.74) is 3.01. The van der Waals surface area contributed by atoms with E-state index in [1.54, 1.807) is 37.3 Å². The zero-order valence-electron chi connectivity index (χ0n) is 13.0. The molecule has 1 aliphatic rings. The average molecular weight is 312 g/mol. The predicted molar refractivity (Wildman–Crippen MR) is 86.0 cm³/mol. The smallest absolute Gasteiger partial charge is 0.462 e. The number of carbonyl (C=O) groups excluding carboxylic acids is 1. The van der Waals surface area contributed by atoms with Gasteiger partial charge in [0.25, 0.3) is 0 Å². The van der Waals surface area contributed by atoms with Gasteiger partial charge in [0.05, 0.1) is 18.8 Å². The number of rotatable bonds is 4. The van der Waals surface area contributed by atoms with E-state index < -0.39 is 7.12 Å². The Hall–Kier alpha value is -2.31. The van der Waals surface area contributed by atoms with Gasteiger partial charge < -0.3 is 19.2 Å². The molecule has 0 aliphatic carbocycles. The van der Waals surface area contributed by atoms with Crippen molar-refractivity contribution in [2.45, 2.75) is 20.5 Å². The molecular formula is C17H17BO5. The van der Waals surface area contributed by atoms with E-state index in [0.29, 0.717) is 30.3 Å². The highest BCUT2D eigenvalue weighted by Crippen LogP contribution is 2.26. The largest absolute Gasteiger partial charge is 0.491 e. The van der Waals surface area contributed by atoms with Crippen LogP contribution in [0.25, 0.3) is 0 Å². The molecule has 0 fully saturated rings. The summed E-state index contributed by atoms with van der Waals surface area (Å²) in [5.74, 6) is 0.958. The summed E-state index contributed by atoms with van der Waals surface area (Å²) in [6.07, 6.45) is 0. The van der Waals surface area contributed by atoms with Crippen molar-refractivity contribution in [2.24, 2.45) is 0 Å². The second-order valence-electron chi connectivity index (χ2n) is 5.32. The Balaban J connectivity index is 1.78. The van der Waals surface area contributed by atoms with Crippen LogP contribution in [-0.2, 0) is 16.0 Å². The molecule has 0 saturated heterocycles. The fraction of sp³-hybridized carbons (Fsp3) is 0.235. The zero-order chi connectivity index (χ0) is 16.4. The molecule has 0 amide bonds. The molecule has 2 aromatic carbocycles. The van der Waals surface area contributed by atoms with Gasteiger partial charge in [0, 0.05) is 0 Å². The van der Waals surface area contributed by atoms with Gasteiger partial charge >= 0.3 is 13.1 Å². The first kappa shape index (κ1) is 15.6. The molecule has 0 spiro atoms. The fourth-order valence-electron chi connectivity index (χ4n) is 2.54. The van der Waals surface area contributed by atoms with Crippen molar-refractivity contribution in [2.75, 3.05) is 6.61 Å². The van der Waals surface area contributed by atoms with Gasteiger partial charge in [-0.25, -0.2) is 4.79 Å². The van der Waals surface area contributed by atoms with Crippen LogP contribution in [0.15, 0.2) is 36.4 Å². The third-order valence-corrected chi connectivity index (χ3v) is 3.71. The molecule has 0 saturated carbocycles. The molecule has 1 aliphatic heterocycles. The number of benzene rings is 2. The summed E-state index contributed by atoms with van der Waals surface area (Å²) < 4.78 is 16.0. The van der Waals surface area contributed by atoms with Crippen molar-refractivity contribution in [1.29, 1.82) is 0 Å². The van der Waals surface area contributed by atoms with Crippen LogP contribution in [0.2, 0.25) is 0 Å². The maximum absolute atomic E-state index is 11.8. The molecule has 1 heterocycles. The Morgan fingerprint density at radius 1 is 1.26 bits per heavy atom. The highest BCUT2D eigenvalue weighted by molar-refractivity contribution is 6.61. The van der Waals surface area contributed by atoms with Gasteiger partial charge in [0.1, 0.15) is 11.5 Å². The Morgan fingerprint density at radius 3 is 2.74 bits per heavy atom. The van der Waals surface area contributed by atoms with Crippen LogP contribution in [-0.4, -0.2) is 24.7 Å². The maximum Gasteiger partial charge on any atom is 0.491 e. The number of ether oxygens (including phenoxy) is 2. The van der Waals surface area contributed by atoms with E-state index in [1.807, 2.05) is 13.0 Å². The first-order valence-electron chi connectivity index (χ1n) is 7.46. The van der Waals surface area contributed by atoms with Gasteiger partial charge in [-0.15, -0.1) is 0 Å². The Kier molecular flexibility index (Phi) is 4.36. The van der Waals surface area contributed by atoms with Crippen LogP contribution in [0.3, 0.4) is 0 Å². The lowest BCUT2D eigenvalue weighted by atomic mass is 9.80. The normalized spacial score (nSPS) is 12.9. The van der Waals surface area contributed by atoms with Crippen molar-refractivity contribution >= 4 is 18.6 Å². The molecule has 23 heavy (non-hydrogen) atoms. The van der Waals surface area contributed by atoms with Gasteiger partial charge in [-0.2, -0.15) is 0 Å². The SMILES string of the molecule is CCOC(=O)c1ccc(Oc2ccc3c(c2)COB3O)cc1C. The van der Waals surface area contributed by atoms with Gasteiger partial charge in [-0.1, -0.05) is 6.07 Å². The van der Waals surface area contributed by atoms with Gasteiger partial charge in [0.15, 0.2) is 0 Å². The van der Waals surface area contributed by atoms with Crippen molar-refractivity contribution < 1.29 is 23.9 Å². The fourth-order valence-corrected chi connectivity index (χ4v) is 2.54. The van der Waals surface area contributed by atoms with E-state index in [1.165, 1.54) is 0 Å². The first-order valence-corrected chi connectivity index (χ1v) is 7.46. The van der Waals surface area contributed by atoms with E-state index in [0.717, 1.165) is 16.6 Å². The molecule has 6 heteroatoms. The van der Waals surface area contributed by atoms with E-state index in [9.17, 15) is 9.82 Å². The second kappa shape index (κ2) is 6.44. The lowest BCUT2D eigenvalue weighted by molar-refractivity contribution is 0.0525. The highest BCUT2D eigenvalue weighted by Gasteiger charge is 2.27. The molecular weight excluding hydrogens is 295 g/mol. The number of carbonyl (C=O) groups is 1. The number of aryl methyl sites for hydroxylation is 1. The standard InChI is InChI=1S/C17H17BO5/c1-3-21-17(19)15-6-4-13(8-11(15)2)23-14-5-7-16-12(9-14)10-22-18(16)20/h4-9,20H,3,10H2,1-2H3. The van der Waals surface area contributed by atoms with E-state index >= 15 is 0 Å². The third kappa shape index (κ3) is 3.23. The number of hydrogen-bond acceptors (Lipinski definition) is 5. The van der Waals surface area contributed by atoms with Gasteiger partial charge in [0.2, 0.25) is 0 Å². The predicted octanol–water partition coefficient (Wildman–Crippen LogP) is 2.18. The first-order chi connectivity index (χ1) is 11.1. The van der Waals surface area contributed by atoms with Crippen molar-refractivity contribution in [1.82, 2.24) is 0 Å². The molecule has 1 N–H and O–H groups in total. The minimum Gasteiger partial charge on any atom is -0.462 e. The highest BCUT2D eigenvalue weighted by atomic mass is 16.5. The summed E-state index contributed by atoms with van der Waals surface area (Å²) in [6.45, 7) is 4.33. The Morgan fingerprint density at radius 2 is 2.00 bits per heavy atom. The summed E-state index contributed by atoms with van der Waals surface area (Å²) in [7, 11) is -0.856. The second-order valence-corrected chi connectivity index (χ2v) is 5.32. The molecule has 5 nitrogen and oxygen atoms in total. The summed E-state index contributed by atoms with van der Waals surface area (Å²) >= 11 is 0. The van der Waals surface area contributed by atoms with Gasteiger partial charge in [-0.05, 0) is 60.8 Å². The monoisotopic (exact) mass is 312 g/mol. The van der Waals surface area contributed by atoms with E-state index in [-0.39, 0.29) is 5.97 Å². The van der Waals surface area contributed by atoms with Crippen LogP contribution in [0.1, 0.15) is 28.4 Å². The molecule has 0 unspecified atom stereocenters. The topological polar surface area (TPSA) is 65.0 Å². The zero-order valence-corrected chi connectivity index (χ0v) is 13.0. The van der Waals surface area contributed by atoms with Crippen LogP contribution in [0, 0.1) is 6.92 Å². The van der Waals surface area contributed by atoms with Crippen LogP contribution < -0.4 is 10.2 Å². The third-order valence-electron chi connectivity index (χ3n) is 3.71. The van der Waals surface area contributed by atoms with Crippen LogP contribution in [0.5, 0.6) is 11.5 Å². The number of hydrogen-bond donors (Lipinski definition) is 1. The molecule has 0 radical (unpaired) electrons. The minimum absolute atomic E-state index is 0.333. The minimum atomic E-state index is -0.856. The van der Waals surface area contributed by atoms with Crippen molar-refractivity contribution in [3.05, 3.63) is 53.1 Å². The van der Waals surface area contributed by atoms with Gasteiger partial charge in [-0.3, -0.25) is 0 Å². The summed E-state index contributed by atoms with van der Waals surface area (Å²) in [5, 5.41) is 9.62. The van der Waals surface area contributed by atoms with Crippen LogP contribution in [0.4, 0.5) is 0 Å². The quantitative estimate of drug-likeness (QED) is 0.692.